The van der Waals surface area contributed by atoms with Gasteiger partial charge in [-0.25, -0.2) is 0 Å². The highest BCUT2D eigenvalue weighted by atomic mass is 16.5. The highest BCUT2D eigenvalue weighted by molar-refractivity contribution is 5.98. The Morgan fingerprint density at radius 2 is 2.13 bits per heavy atom. The SMILES string of the molecule is CC=CCOCC(=O)c1ccccc1C. The first-order valence-corrected chi connectivity index (χ1v) is 5.03. The van der Waals surface area contributed by atoms with E-state index in [9.17, 15) is 4.79 Å². The molecule has 0 radical (unpaired) electrons. The molecule has 1 aromatic carbocycles. The maximum Gasteiger partial charge on any atom is 0.188 e. The molecule has 0 aliphatic carbocycles. The van der Waals surface area contributed by atoms with E-state index in [4.69, 9.17) is 4.74 Å². The van der Waals surface area contributed by atoms with Gasteiger partial charge < -0.3 is 4.74 Å². The molecule has 0 N–H and O–H groups in total. The number of carbonyl (C=O) groups excluding carboxylic acids is 1. The summed E-state index contributed by atoms with van der Waals surface area (Å²) in [5.41, 5.74) is 1.75. The van der Waals surface area contributed by atoms with Crippen molar-refractivity contribution in [3.8, 4) is 0 Å². The van der Waals surface area contributed by atoms with E-state index < -0.39 is 0 Å². The van der Waals surface area contributed by atoms with E-state index in [-0.39, 0.29) is 12.4 Å². The van der Waals surface area contributed by atoms with E-state index in [1.165, 1.54) is 0 Å². The van der Waals surface area contributed by atoms with Gasteiger partial charge in [0.2, 0.25) is 0 Å². The van der Waals surface area contributed by atoms with Crippen LogP contribution in [0.25, 0.3) is 0 Å². The smallest absolute Gasteiger partial charge is 0.188 e. The topological polar surface area (TPSA) is 26.3 Å². The van der Waals surface area contributed by atoms with Crippen LogP contribution in [0.4, 0.5) is 0 Å². The van der Waals surface area contributed by atoms with Gasteiger partial charge in [0.1, 0.15) is 6.61 Å². The maximum atomic E-state index is 11.7. The Hall–Kier alpha value is -1.41. The molecule has 15 heavy (non-hydrogen) atoms. The first-order valence-electron chi connectivity index (χ1n) is 5.03. The van der Waals surface area contributed by atoms with Gasteiger partial charge in [-0.1, -0.05) is 36.4 Å². The highest BCUT2D eigenvalue weighted by Gasteiger charge is 2.07. The lowest BCUT2D eigenvalue weighted by molar-refractivity contribution is 0.0805. The number of aryl methyl sites for hydroxylation is 1. The number of allylic oxidation sites excluding steroid dienone is 1. The van der Waals surface area contributed by atoms with Gasteiger partial charge in [-0.2, -0.15) is 0 Å². The molecule has 0 unspecified atom stereocenters. The number of benzene rings is 1. The first kappa shape index (κ1) is 11.7. The van der Waals surface area contributed by atoms with Crippen LogP contribution in [0.2, 0.25) is 0 Å². The molecule has 0 aliphatic heterocycles. The molecule has 0 atom stereocenters. The Balaban J connectivity index is 2.51. The summed E-state index contributed by atoms with van der Waals surface area (Å²) in [6, 6.07) is 7.55. The van der Waals surface area contributed by atoms with Crippen LogP contribution >= 0.6 is 0 Å². The monoisotopic (exact) mass is 204 g/mol. The molecule has 0 amide bonds. The predicted octanol–water partition coefficient (Wildman–Crippen LogP) is 2.77. The Morgan fingerprint density at radius 1 is 1.40 bits per heavy atom. The fraction of sp³-hybridized carbons (Fsp3) is 0.308. The van der Waals surface area contributed by atoms with Gasteiger partial charge in [-0.15, -0.1) is 0 Å². The summed E-state index contributed by atoms with van der Waals surface area (Å²) >= 11 is 0. The van der Waals surface area contributed by atoms with E-state index in [0.29, 0.717) is 6.61 Å². The largest absolute Gasteiger partial charge is 0.369 e. The van der Waals surface area contributed by atoms with Gasteiger partial charge in [-0.05, 0) is 19.4 Å². The Bertz CT molecular complexity index is 353. The average molecular weight is 204 g/mol. The van der Waals surface area contributed by atoms with Crippen LogP contribution in [0, 0.1) is 6.92 Å². The van der Waals surface area contributed by atoms with Gasteiger partial charge in [0.05, 0.1) is 6.61 Å². The normalized spacial score (nSPS) is 10.8. The third-order valence-corrected chi connectivity index (χ3v) is 2.13. The van der Waals surface area contributed by atoms with Crippen molar-refractivity contribution in [2.75, 3.05) is 13.2 Å². The molecule has 80 valence electrons. The lowest BCUT2D eigenvalue weighted by Crippen LogP contribution is -2.10. The first-order chi connectivity index (χ1) is 7.25. The van der Waals surface area contributed by atoms with Crippen LogP contribution in [-0.2, 0) is 4.74 Å². The van der Waals surface area contributed by atoms with E-state index in [0.717, 1.165) is 11.1 Å². The molecule has 1 rings (SSSR count). The second-order valence-electron chi connectivity index (χ2n) is 3.32. The minimum atomic E-state index is 0.0394. The summed E-state index contributed by atoms with van der Waals surface area (Å²) in [7, 11) is 0. The van der Waals surface area contributed by atoms with Crippen molar-refractivity contribution in [1.82, 2.24) is 0 Å². The molecule has 2 nitrogen and oxygen atoms in total. The van der Waals surface area contributed by atoms with Crippen molar-refractivity contribution in [3.63, 3.8) is 0 Å². The summed E-state index contributed by atoms with van der Waals surface area (Å²) in [6.45, 7) is 4.50. The van der Waals surface area contributed by atoms with Gasteiger partial charge in [0.15, 0.2) is 5.78 Å². The van der Waals surface area contributed by atoms with E-state index in [1.807, 2.05) is 50.3 Å². The lowest BCUT2D eigenvalue weighted by atomic mass is 10.1. The minimum absolute atomic E-state index is 0.0394. The second kappa shape index (κ2) is 6.14. The Morgan fingerprint density at radius 3 is 2.80 bits per heavy atom. The third-order valence-electron chi connectivity index (χ3n) is 2.13. The summed E-state index contributed by atoms with van der Waals surface area (Å²) in [5, 5.41) is 0. The number of carbonyl (C=O) groups is 1. The lowest BCUT2D eigenvalue weighted by Gasteiger charge is -2.04. The fourth-order valence-electron chi connectivity index (χ4n) is 1.28. The minimum Gasteiger partial charge on any atom is -0.369 e. The van der Waals surface area contributed by atoms with Crippen molar-refractivity contribution >= 4 is 5.78 Å². The quantitative estimate of drug-likeness (QED) is 0.419. The molecule has 0 saturated heterocycles. The van der Waals surface area contributed by atoms with E-state index in [1.54, 1.807) is 0 Å². The number of hydrogen-bond donors (Lipinski definition) is 0. The molecule has 0 aromatic heterocycles. The third kappa shape index (κ3) is 3.68. The van der Waals surface area contributed by atoms with Gasteiger partial charge >= 0.3 is 0 Å². The van der Waals surface area contributed by atoms with Crippen LogP contribution in [-0.4, -0.2) is 19.0 Å². The molecular formula is C13H16O2. The van der Waals surface area contributed by atoms with Gasteiger partial charge in [0, 0.05) is 5.56 Å². The summed E-state index contributed by atoms with van der Waals surface area (Å²) in [6.07, 6.45) is 3.78. The highest BCUT2D eigenvalue weighted by Crippen LogP contribution is 2.07. The fourth-order valence-corrected chi connectivity index (χ4v) is 1.28. The number of hydrogen-bond acceptors (Lipinski definition) is 2. The number of ether oxygens (including phenoxy) is 1. The van der Waals surface area contributed by atoms with Crippen molar-refractivity contribution in [3.05, 3.63) is 47.5 Å². The number of Topliss-reactive ketones (excluding diaryl/α,β-unsaturated/α-hetero) is 1. The molecule has 0 heterocycles. The van der Waals surface area contributed by atoms with Crippen molar-refractivity contribution in [2.45, 2.75) is 13.8 Å². The molecule has 2 heteroatoms. The van der Waals surface area contributed by atoms with Crippen molar-refractivity contribution < 1.29 is 9.53 Å². The Kier molecular flexibility index (Phi) is 4.78. The zero-order valence-corrected chi connectivity index (χ0v) is 9.19. The van der Waals surface area contributed by atoms with Crippen LogP contribution in [0.15, 0.2) is 36.4 Å². The summed E-state index contributed by atoms with van der Waals surface area (Å²) < 4.78 is 5.21. The van der Waals surface area contributed by atoms with Gasteiger partial charge in [-0.3, -0.25) is 4.79 Å². The standard InChI is InChI=1S/C13H16O2/c1-3-4-9-15-10-13(14)12-8-6-5-7-11(12)2/h3-8H,9-10H2,1-2H3. The summed E-state index contributed by atoms with van der Waals surface area (Å²) in [4.78, 5) is 11.7. The number of ketones is 1. The van der Waals surface area contributed by atoms with Crippen LogP contribution < -0.4 is 0 Å². The predicted molar refractivity (Wildman–Crippen MR) is 61.1 cm³/mol. The van der Waals surface area contributed by atoms with Crippen LogP contribution in [0.5, 0.6) is 0 Å². The summed E-state index contributed by atoms with van der Waals surface area (Å²) in [5.74, 6) is 0.0394. The Labute approximate surface area is 90.6 Å². The van der Waals surface area contributed by atoms with Crippen molar-refractivity contribution in [2.24, 2.45) is 0 Å². The molecule has 1 aromatic rings. The maximum absolute atomic E-state index is 11.7. The zero-order valence-electron chi connectivity index (χ0n) is 9.19. The second-order valence-corrected chi connectivity index (χ2v) is 3.32. The average Bonchev–Trinajstić information content (AvgIpc) is 2.25. The molecule has 0 fully saturated rings. The van der Waals surface area contributed by atoms with E-state index in [2.05, 4.69) is 0 Å². The number of rotatable bonds is 5. The van der Waals surface area contributed by atoms with Crippen LogP contribution in [0.3, 0.4) is 0 Å². The molecular weight excluding hydrogens is 188 g/mol. The molecule has 0 aliphatic rings. The van der Waals surface area contributed by atoms with Gasteiger partial charge in [0.25, 0.3) is 0 Å². The molecule has 0 saturated carbocycles. The van der Waals surface area contributed by atoms with Crippen molar-refractivity contribution in [1.29, 1.82) is 0 Å². The molecule has 0 spiro atoms. The molecule has 0 bridgehead atoms. The zero-order chi connectivity index (χ0) is 11.1. The van der Waals surface area contributed by atoms with E-state index >= 15 is 0 Å². The van der Waals surface area contributed by atoms with Crippen LogP contribution in [0.1, 0.15) is 22.8 Å².